The van der Waals surface area contributed by atoms with Crippen LogP contribution in [0.1, 0.15) is 49.9 Å². The molecule has 0 spiro atoms. The first kappa shape index (κ1) is 41.9. The maximum atomic E-state index is 14.5. The van der Waals surface area contributed by atoms with Gasteiger partial charge in [0.2, 0.25) is 0 Å². The van der Waals surface area contributed by atoms with E-state index in [1.54, 1.807) is 12.1 Å². The molecule has 0 atom stereocenters. The summed E-state index contributed by atoms with van der Waals surface area (Å²) < 4.78 is 16.8. The summed E-state index contributed by atoms with van der Waals surface area (Å²) in [6, 6.07) is 81.7. The Hall–Kier alpha value is -8.79. The van der Waals surface area contributed by atoms with Crippen LogP contribution in [0.3, 0.4) is 0 Å². The molecule has 346 valence electrons. The van der Waals surface area contributed by atoms with Crippen molar-refractivity contribution in [3.8, 4) is 50.2 Å². The minimum Gasteiger partial charge on any atom is -0.310 e. The largest absolute Gasteiger partial charge is 0.310 e. The lowest BCUT2D eigenvalue weighted by atomic mass is 9.81. The molecule has 73 heavy (non-hydrogen) atoms. The summed E-state index contributed by atoms with van der Waals surface area (Å²) in [6.45, 7) is 9.50. The Bertz CT molecular complexity index is 4410. The van der Waals surface area contributed by atoms with Crippen molar-refractivity contribution in [3.05, 3.63) is 253 Å². The fourth-order valence-corrected chi connectivity index (χ4v) is 13.1. The van der Waals surface area contributed by atoms with Crippen molar-refractivity contribution in [2.24, 2.45) is 0 Å². The monoisotopic (exact) mass is 936 g/mol. The van der Waals surface area contributed by atoms with Crippen LogP contribution in [0.2, 0.25) is 0 Å². The normalized spacial score (nSPS) is 14.0. The number of aromatic nitrogens is 1. The third-order valence-electron chi connectivity index (χ3n) is 16.8. The zero-order valence-corrected chi connectivity index (χ0v) is 41.1. The van der Waals surface area contributed by atoms with Gasteiger partial charge in [-0.3, -0.25) is 0 Å². The molecule has 1 aromatic heterocycles. The standard InChI is InChI=1S/C70H49FN2/c1-69(2)60-16-9-8-15-54(60)56-34-30-52(40-62(56)69)72(50-26-19-43(20-27-50)42-11-6-5-7-12-42)53-31-35-57-55-32-22-47(38-61(55)70(3,4)63(57)41-53)46-23-36-64-59(37-46)68-58-33-21-45-14-10-13-44-17-18-48(67(58)66(44)45)39-65(68)73(64)51-28-24-49(71)25-29-51/h5-41H,1-4H3. The predicted molar refractivity (Wildman–Crippen MR) is 305 cm³/mol. The van der Waals surface area contributed by atoms with Gasteiger partial charge in [-0.15, -0.1) is 0 Å². The Balaban J connectivity index is 0.862. The van der Waals surface area contributed by atoms with Crippen LogP contribution in [-0.4, -0.2) is 4.57 Å². The van der Waals surface area contributed by atoms with Crippen LogP contribution in [-0.2, 0) is 10.8 Å². The number of fused-ring (bicyclic) bond motifs is 10. The van der Waals surface area contributed by atoms with E-state index in [0.717, 1.165) is 33.8 Å². The van der Waals surface area contributed by atoms with Crippen molar-refractivity contribution in [2.75, 3.05) is 4.90 Å². The number of anilines is 3. The van der Waals surface area contributed by atoms with Gasteiger partial charge in [0, 0.05) is 44.4 Å². The highest BCUT2D eigenvalue weighted by molar-refractivity contribution is 6.33. The quantitative estimate of drug-likeness (QED) is 0.151. The van der Waals surface area contributed by atoms with E-state index in [1.807, 2.05) is 12.1 Å². The van der Waals surface area contributed by atoms with Crippen LogP contribution in [0, 0.1) is 5.82 Å². The second-order valence-electron chi connectivity index (χ2n) is 21.4. The fraction of sp³-hybridized carbons (Fsp3) is 0.0857. The van der Waals surface area contributed by atoms with Crippen molar-refractivity contribution in [3.63, 3.8) is 0 Å². The molecule has 0 fully saturated rings. The summed E-state index contributed by atoms with van der Waals surface area (Å²) in [5, 5.41) is 9.90. The number of benzene rings is 12. The Morgan fingerprint density at radius 3 is 1.62 bits per heavy atom. The van der Waals surface area contributed by atoms with Gasteiger partial charge in [-0.05, 0) is 184 Å². The number of hydrogen-bond donors (Lipinski definition) is 0. The minimum atomic E-state index is -0.281. The average Bonchev–Trinajstić information content (AvgIpc) is 3.97. The third-order valence-corrected chi connectivity index (χ3v) is 16.8. The molecular formula is C70H49FN2. The highest BCUT2D eigenvalue weighted by Crippen LogP contribution is 2.54. The summed E-state index contributed by atoms with van der Waals surface area (Å²) in [4.78, 5) is 2.45. The van der Waals surface area contributed by atoms with Gasteiger partial charge in [-0.25, -0.2) is 4.39 Å². The minimum absolute atomic E-state index is 0.130. The molecule has 0 saturated heterocycles. The van der Waals surface area contributed by atoms with Gasteiger partial charge in [-0.2, -0.15) is 0 Å². The molecule has 0 radical (unpaired) electrons. The third kappa shape index (κ3) is 6.03. The zero-order valence-electron chi connectivity index (χ0n) is 41.1. The molecule has 2 aliphatic carbocycles. The van der Waals surface area contributed by atoms with Gasteiger partial charge in [0.05, 0.1) is 11.0 Å². The first-order valence-electron chi connectivity index (χ1n) is 25.5. The molecule has 0 amide bonds. The van der Waals surface area contributed by atoms with Crippen LogP contribution in [0.4, 0.5) is 21.5 Å². The summed E-state index contributed by atoms with van der Waals surface area (Å²) >= 11 is 0. The summed E-state index contributed by atoms with van der Waals surface area (Å²) in [6.07, 6.45) is 0. The lowest BCUT2D eigenvalue weighted by Gasteiger charge is -2.30. The van der Waals surface area contributed by atoms with Crippen LogP contribution in [0.15, 0.2) is 224 Å². The molecule has 2 aliphatic rings. The molecule has 0 saturated carbocycles. The van der Waals surface area contributed by atoms with Gasteiger partial charge < -0.3 is 9.47 Å². The number of rotatable bonds is 6. The second-order valence-corrected chi connectivity index (χ2v) is 21.4. The molecule has 1 heterocycles. The highest BCUT2D eigenvalue weighted by Gasteiger charge is 2.38. The van der Waals surface area contributed by atoms with Gasteiger partial charge in [0.15, 0.2) is 0 Å². The lowest BCUT2D eigenvalue weighted by Crippen LogP contribution is -2.18. The maximum Gasteiger partial charge on any atom is 0.123 e. The molecule has 15 rings (SSSR count). The van der Waals surface area contributed by atoms with Crippen molar-refractivity contribution in [1.82, 2.24) is 4.57 Å². The Kier molecular flexibility index (Phi) is 8.69. The summed E-state index contributed by atoms with van der Waals surface area (Å²) in [5.41, 5.74) is 21.5. The van der Waals surface area contributed by atoms with E-state index in [-0.39, 0.29) is 16.6 Å². The van der Waals surface area contributed by atoms with Gasteiger partial charge >= 0.3 is 0 Å². The molecule has 0 unspecified atom stereocenters. The first-order chi connectivity index (χ1) is 35.6. The predicted octanol–water partition coefficient (Wildman–Crippen LogP) is 19.2. The summed E-state index contributed by atoms with van der Waals surface area (Å²) in [7, 11) is 0. The van der Waals surface area contributed by atoms with E-state index in [4.69, 9.17) is 0 Å². The molecule has 3 heteroatoms. The van der Waals surface area contributed by atoms with Crippen LogP contribution in [0.25, 0.3) is 104 Å². The molecule has 0 N–H and O–H groups in total. The fourth-order valence-electron chi connectivity index (χ4n) is 13.1. The van der Waals surface area contributed by atoms with Crippen LogP contribution < -0.4 is 4.90 Å². The maximum absolute atomic E-state index is 14.5. The molecule has 0 bridgehead atoms. The Morgan fingerprint density at radius 1 is 0.342 bits per heavy atom. The lowest BCUT2D eigenvalue weighted by molar-refractivity contribution is 0.627. The Labute approximate surface area is 424 Å². The number of halogens is 1. The topological polar surface area (TPSA) is 8.17 Å². The van der Waals surface area contributed by atoms with Gasteiger partial charge in [-0.1, -0.05) is 167 Å². The van der Waals surface area contributed by atoms with Gasteiger partial charge in [0.25, 0.3) is 0 Å². The highest BCUT2D eigenvalue weighted by atomic mass is 19.1. The SMILES string of the molecule is CC1(C)c2ccccc2-c2ccc(N(c3ccc(-c4ccccc4)cc3)c3ccc4c(c3)C(C)(C)c3cc(-c5ccc6c(c5)c5c7ccc8cccc9ccc(cc5n6-c5ccc(F)cc5)c7c98)ccc3-4)cc21. The van der Waals surface area contributed by atoms with Crippen LogP contribution >= 0.6 is 0 Å². The molecule has 0 aliphatic heterocycles. The van der Waals surface area contributed by atoms with Crippen LogP contribution in [0.5, 0.6) is 0 Å². The first-order valence-corrected chi connectivity index (χ1v) is 25.5. The van der Waals surface area contributed by atoms with Gasteiger partial charge in [0.1, 0.15) is 5.82 Å². The number of nitrogens with zero attached hydrogens (tertiary/aromatic N) is 2. The number of hydrogen-bond acceptors (Lipinski definition) is 1. The Morgan fingerprint density at radius 2 is 0.890 bits per heavy atom. The van der Waals surface area contributed by atoms with Crippen molar-refractivity contribution in [2.45, 2.75) is 38.5 Å². The second kappa shape index (κ2) is 15.1. The smallest absolute Gasteiger partial charge is 0.123 e. The van der Waals surface area contributed by atoms with Crippen molar-refractivity contribution < 1.29 is 4.39 Å². The zero-order chi connectivity index (χ0) is 48.9. The molecular weight excluding hydrogens is 888 g/mol. The van der Waals surface area contributed by atoms with E-state index in [0.29, 0.717) is 0 Å². The van der Waals surface area contributed by atoms with E-state index in [2.05, 4.69) is 237 Å². The van der Waals surface area contributed by atoms with E-state index >= 15 is 0 Å². The van der Waals surface area contributed by atoms with E-state index < -0.39 is 0 Å². The van der Waals surface area contributed by atoms with Crippen molar-refractivity contribution in [1.29, 1.82) is 0 Å². The van der Waals surface area contributed by atoms with E-state index in [1.165, 1.54) is 110 Å². The van der Waals surface area contributed by atoms with Crippen molar-refractivity contribution >= 4 is 71.2 Å². The molecule has 12 aromatic carbocycles. The summed E-state index contributed by atoms with van der Waals surface area (Å²) in [5.74, 6) is -0.242. The molecule has 2 nitrogen and oxygen atoms in total. The average molecular weight is 937 g/mol. The van der Waals surface area contributed by atoms with E-state index in [9.17, 15) is 4.39 Å². The molecule has 13 aromatic rings.